The summed E-state index contributed by atoms with van der Waals surface area (Å²) in [6.45, 7) is 1.58. The van der Waals surface area contributed by atoms with Gasteiger partial charge in [0, 0.05) is 16.9 Å². The van der Waals surface area contributed by atoms with Crippen molar-refractivity contribution in [1.82, 2.24) is 19.7 Å². The van der Waals surface area contributed by atoms with Crippen molar-refractivity contribution < 1.29 is 18.0 Å². The number of amides is 1. The van der Waals surface area contributed by atoms with E-state index < -0.39 is 17.8 Å². The zero-order chi connectivity index (χ0) is 21.2. The van der Waals surface area contributed by atoms with Crippen LogP contribution in [0.5, 0.6) is 0 Å². The Morgan fingerprint density at radius 3 is 2.62 bits per heavy atom. The zero-order valence-corrected chi connectivity index (χ0v) is 15.6. The number of carbonyl (C=O) groups excluding carboxylic acids is 1. The zero-order valence-electron chi connectivity index (χ0n) is 14.8. The molecule has 3 rings (SSSR count). The first-order valence-electron chi connectivity index (χ1n) is 8.12. The van der Waals surface area contributed by atoms with Gasteiger partial charge in [0.05, 0.1) is 17.2 Å². The molecule has 0 saturated heterocycles. The van der Waals surface area contributed by atoms with Crippen LogP contribution >= 0.6 is 11.6 Å². The van der Waals surface area contributed by atoms with Crippen LogP contribution < -0.4 is 4.90 Å². The Labute approximate surface area is 168 Å². The normalized spacial score (nSPS) is 12.3. The van der Waals surface area contributed by atoms with E-state index in [-0.39, 0.29) is 16.5 Å². The van der Waals surface area contributed by atoms with Gasteiger partial charge >= 0.3 is 6.18 Å². The number of pyridine rings is 1. The summed E-state index contributed by atoms with van der Waals surface area (Å²) in [4.78, 5) is 21.0. The number of nitriles is 1. The first-order valence-corrected chi connectivity index (χ1v) is 8.50. The molecule has 0 fully saturated rings. The number of alkyl halides is 3. The second-order valence-electron chi connectivity index (χ2n) is 5.93. The number of aromatic nitrogens is 4. The lowest BCUT2D eigenvalue weighted by atomic mass is 10.1. The maximum absolute atomic E-state index is 13.1. The van der Waals surface area contributed by atoms with E-state index in [2.05, 4.69) is 15.1 Å². The van der Waals surface area contributed by atoms with Gasteiger partial charge in [-0.25, -0.2) is 9.97 Å². The molecule has 2 aromatic heterocycles. The summed E-state index contributed by atoms with van der Waals surface area (Å²) in [5.41, 5.74) is -0.680. The summed E-state index contributed by atoms with van der Waals surface area (Å²) in [6, 6.07) is 7.07. The minimum absolute atomic E-state index is 0.0466. The van der Waals surface area contributed by atoms with Crippen LogP contribution in [0.25, 0.3) is 5.82 Å². The van der Waals surface area contributed by atoms with E-state index in [1.54, 1.807) is 6.92 Å². The van der Waals surface area contributed by atoms with Crippen LogP contribution in [-0.2, 0) is 11.0 Å². The van der Waals surface area contributed by atoms with E-state index >= 15 is 0 Å². The molecule has 0 N–H and O–H groups in total. The van der Waals surface area contributed by atoms with Gasteiger partial charge < -0.3 is 4.90 Å². The highest BCUT2D eigenvalue weighted by Crippen LogP contribution is 2.36. The Balaban J connectivity index is 2.01. The van der Waals surface area contributed by atoms with E-state index in [9.17, 15) is 18.0 Å². The molecule has 29 heavy (non-hydrogen) atoms. The van der Waals surface area contributed by atoms with Crippen LogP contribution in [0.3, 0.4) is 0 Å². The Bertz CT molecular complexity index is 1070. The first-order chi connectivity index (χ1) is 13.7. The van der Waals surface area contributed by atoms with Gasteiger partial charge in [-0.05, 0) is 37.3 Å². The van der Waals surface area contributed by atoms with Crippen LogP contribution in [0.2, 0.25) is 5.02 Å². The Hall–Kier alpha value is -3.45. The van der Waals surface area contributed by atoms with Crippen molar-refractivity contribution in [2.24, 2.45) is 0 Å². The molecule has 0 aliphatic rings. The predicted octanol–water partition coefficient (Wildman–Crippen LogP) is 3.93. The number of hydrogen-bond donors (Lipinski definition) is 0. The molecule has 0 spiro atoms. The van der Waals surface area contributed by atoms with E-state index in [0.717, 1.165) is 17.0 Å². The van der Waals surface area contributed by atoms with E-state index in [4.69, 9.17) is 16.9 Å². The lowest BCUT2D eigenvalue weighted by Gasteiger charge is -2.25. The number of carbonyl (C=O) groups is 1. The van der Waals surface area contributed by atoms with Gasteiger partial charge in [0.2, 0.25) is 6.41 Å². The number of halogens is 4. The smallest absolute Gasteiger partial charge is 0.304 e. The summed E-state index contributed by atoms with van der Waals surface area (Å²) in [6.07, 6.45) is -1.66. The fraction of sp³-hybridized carbons (Fsp3) is 0.167. The molecule has 0 aliphatic carbocycles. The maximum atomic E-state index is 13.1. The fourth-order valence-corrected chi connectivity index (χ4v) is 2.91. The SMILES string of the molecule is CC(c1ncnn1-c1ccc(C#N)cn1)N(C=O)c1cc(Cl)cc(C(F)(F)F)c1. The lowest BCUT2D eigenvalue weighted by molar-refractivity contribution is -0.137. The highest BCUT2D eigenvalue weighted by atomic mass is 35.5. The Morgan fingerprint density at radius 2 is 2.03 bits per heavy atom. The van der Waals surface area contributed by atoms with Crippen molar-refractivity contribution in [2.75, 3.05) is 4.90 Å². The summed E-state index contributed by atoms with van der Waals surface area (Å²) in [5.74, 6) is 0.583. The molecule has 0 aliphatic heterocycles. The van der Waals surface area contributed by atoms with Gasteiger partial charge in [-0.1, -0.05) is 11.6 Å². The second-order valence-corrected chi connectivity index (χ2v) is 6.37. The lowest BCUT2D eigenvalue weighted by Crippen LogP contribution is -2.28. The van der Waals surface area contributed by atoms with Crippen molar-refractivity contribution in [3.05, 3.63) is 64.8 Å². The van der Waals surface area contributed by atoms with Crippen LogP contribution in [0.4, 0.5) is 18.9 Å². The molecular formula is C18H12ClF3N6O. The molecule has 11 heteroatoms. The molecule has 148 valence electrons. The number of hydrogen-bond acceptors (Lipinski definition) is 5. The molecular weight excluding hydrogens is 409 g/mol. The predicted molar refractivity (Wildman–Crippen MR) is 97.3 cm³/mol. The molecule has 2 heterocycles. The molecule has 1 amide bonds. The summed E-state index contributed by atoms with van der Waals surface area (Å²) in [7, 11) is 0. The summed E-state index contributed by atoms with van der Waals surface area (Å²) in [5, 5.41) is 12.8. The van der Waals surface area contributed by atoms with Gasteiger partial charge in [0.1, 0.15) is 12.4 Å². The third kappa shape index (κ3) is 4.20. The highest BCUT2D eigenvalue weighted by Gasteiger charge is 2.32. The monoisotopic (exact) mass is 420 g/mol. The minimum Gasteiger partial charge on any atom is -0.304 e. The van der Waals surface area contributed by atoms with Crippen molar-refractivity contribution >= 4 is 23.7 Å². The number of nitrogens with zero attached hydrogens (tertiary/aromatic N) is 6. The third-order valence-electron chi connectivity index (χ3n) is 4.08. The molecule has 0 radical (unpaired) electrons. The largest absolute Gasteiger partial charge is 0.416 e. The number of rotatable bonds is 5. The summed E-state index contributed by atoms with van der Waals surface area (Å²) < 4.78 is 40.7. The van der Waals surface area contributed by atoms with Gasteiger partial charge in [0.15, 0.2) is 11.6 Å². The molecule has 7 nitrogen and oxygen atoms in total. The van der Waals surface area contributed by atoms with Crippen LogP contribution in [0.15, 0.2) is 42.9 Å². The van der Waals surface area contributed by atoms with Crippen molar-refractivity contribution in [1.29, 1.82) is 5.26 Å². The molecule has 1 atom stereocenters. The van der Waals surface area contributed by atoms with Crippen LogP contribution in [0.1, 0.15) is 29.9 Å². The molecule has 0 saturated carbocycles. The van der Waals surface area contributed by atoms with Gasteiger partial charge in [-0.2, -0.15) is 28.2 Å². The second kappa shape index (κ2) is 7.89. The minimum atomic E-state index is -4.62. The van der Waals surface area contributed by atoms with E-state index in [0.29, 0.717) is 17.8 Å². The topological polar surface area (TPSA) is 87.7 Å². The quantitative estimate of drug-likeness (QED) is 0.583. The average Bonchev–Trinajstić information content (AvgIpc) is 3.17. The van der Waals surface area contributed by atoms with E-state index in [1.807, 2.05) is 6.07 Å². The standard InChI is InChI=1S/C18H12ClF3N6O/c1-11(17-25-9-26-28(17)16-3-2-12(7-23)8-24-16)27(10-29)15-5-13(18(20,21)22)4-14(19)6-15/h2-6,8-11H,1H3. The van der Waals surface area contributed by atoms with Crippen molar-refractivity contribution in [3.8, 4) is 11.9 Å². The first kappa shape index (κ1) is 20.3. The van der Waals surface area contributed by atoms with Gasteiger partial charge in [-0.15, -0.1) is 0 Å². The molecule has 3 aromatic rings. The Kier molecular flexibility index (Phi) is 5.52. The number of benzene rings is 1. The van der Waals surface area contributed by atoms with Gasteiger partial charge in [0.25, 0.3) is 0 Å². The van der Waals surface area contributed by atoms with Crippen LogP contribution in [-0.4, -0.2) is 26.2 Å². The van der Waals surface area contributed by atoms with Gasteiger partial charge in [-0.3, -0.25) is 4.79 Å². The molecule has 0 bridgehead atoms. The van der Waals surface area contributed by atoms with Crippen molar-refractivity contribution in [3.63, 3.8) is 0 Å². The maximum Gasteiger partial charge on any atom is 0.416 e. The average molecular weight is 421 g/mol. The van der Waals surface area contributed by atoms with Crippen LogP contribution in [0, 0.1) is 11.3 Å². The molecule has 1 unspecified atom stereocenters. The third-order valence-corrected chi connectivity index (χ3v) is 4.30. The van der Waals surface area contributed by atoms with E-state index in [1.165, 1.54) is 35.4 Å². The summed E-state index contributed by atoms with van der Waals surface area (Å²) >= 11 is 5.83. The Morgan fingerprint density at radius 1 is 1.28 bits per heavy atom. The fourth-order valence-electron chi connectivity index (χ4n) is 2.68. The molecule has 1 aromatic carbocycles. The van der Waals surface area contributed by atoms with Crippen molar-refractivity contribution in [2.45, 2.75) is 19.1 Å². The highest BCUT2D eigenvalue weighted by molar-refractivity contribution is 6.31. The number of anilines is 1.